The van der Waals surface area contributed by atoms with Gasteiger partial charge in [-0.2, -0.15) is 0 Å². The van der Waals surface area contributed by atoms with Crippen LogP contribution < -0.4 is 5.32 Å². The van der Waals surface area contributed by atoms with E-state index in [0.717, 1.165) is 12.0 Å². The maximum absolute atomic E-state index is 11.6. The third-order valence-electron chi connectivity index (χ3n) is 3.09. The molecule has 1 N–H and O–H groups in total. The predicted octanol–water partition coefficient (Wildman–Crippen LogP) is 5.08. The summed E-state index contributed by atoms with van der Waals surface area (Å²) in [7, 11) is 0. The van der Waals surface area contributed by atoms with E-state index in [2.05, 4.69) is 12.2 Å². The summed E-state index contributed by atoms with van der Waals surface area (Å²) in [5.74, 6) is 0.175. The fourth-order valence-corrected chi connectivity index (χ4v) is 1.95. The summed E-state index contributed by atoms with van der Waals surface area (Å²) in [5, 5.41) is 2.96. The van der Waals surface area contributed by atoms with Crippen LogP contribution in [0.2, 0.25) is 0 Å². The summed E-state index contributed by atoms with van der Waals surface area (Å²) in [6, 6.07) is 10.0. The Morgan fingerprint density at radius 1 is 0.950 bits per heavy atom. The van der Waals surface area contributed by atoms with Crippen molar-refractivity contribution in [3.05, 3.63) is 35.9 Å². The van der Waals surface area contributed by atoms with Gasteiger partial charge in [-0.1, -0.05) is 83.2 Å². The highest BCUT2D eigenvalue weighted by Crippen LogP contribution is 2.07. The molecule has 1 rings (SSSR count). The molecule has 0 fully saturated rings. The van der Waals surface area contributed by atoms with Gasteiger partial charge >= 0.3 is 0 Å². The van der Waals surface area contributed by atoms with Crippen molar-refractivity contribution in [1.29, 1.82) is 0 Å². The van der Waals surface area contributed by atoms with E-state index in [4.69, 9.17) is 0 Å². The number of hydrogen-bond acceptors (Lipinski definition) is 1. The number of carbonyl (C=O) groups excluding carboxylic acids is 1. The van der Waals surface area contributed by atoms with Gasteiger partial charge in [-0.25, -0.2) is 0 Å². The topological polar surface area (TPSA) is 29.1 Å². The third-order valence-corrected chi connectivity index (χ3v) is 3.09. The first-order chi connectivity index (χ1) is 9.83. The van der Waals surface area contributed by atoms with Crippen molar-refractivity contribution in [3.63, 3.8) is 0 Å². The van der Waals surface area contributed by atoms with Crippen LogP contribution in [0.4, 0.5) is 0 Å². The average molecular weight is 277 g/mol. The lowest BCUT2D eigenvalue weighted by atomic mass is 10.1. The molecule has 2 heteroatoms. The Bertz CT molecular complexity index is 321. The molecular weight excluding hydrogens is 246 g/mol. The van der Waals surface area contributed by atoms with Crippen molar-refractivity contribution in [2.24, 2.45) is 0 Å². The lowest BCUT2D eigenvalue weighted by molar-refractivity contribution is -0.121. The van der Waals surface area contributed by atoms with E-state index in [1.165, 1.54) is 32.1 Å². The Morgan fingerprint density at radius 3 is 2.20 bits per heavy atom. The number of carbonyl (C=O) groups is 1. The standard InChI is InChI=1S/C16H25NO.C2H6/c1-2-3-4-5-6-10-13-16(18)17-14-15-11-8-7-9-12-15;1-2/h7-9,11-12H,2-6,10,13-14H2,1H3,(H,17,18);1-2H3. The van der Waals surface area contributed by atoms with E-state index in [9.17, 15) is 4.79 Å². The fourth-order valence-electron chi connectivity index (χ4n) is 1.95. The number of rotatable bonds is 9. The number of benzene rings is 1. The quantitative estimate of drug-likeness (QED) is 0.627. The van der Waals surface area contributed by atoms with Crippen LogP contribution in [0.1, 0.15) is 71.3 Å². The van der Waals surface area contributed by atoms with Crippen LogP contribution in [0.25, 0.3) is 0 Å². The zero-order chi connectivity index (χ0) is 15.1. The second kappa shape index (κ2) is 14.1. The molecule has 20 heavy (non-hydrogen) atoms. The predicted molar refractivity (Wildman–Crippen MR) is 87.6 cm³/mol. The summed E-state index contributed by atoms with van der Waals surface area (Å²) in [4.78, 5) is 11.6. The van der Waals surface area contributed by atoms with Crippen molar-refractivity contribution in [3.8, 4) is 0 Å². The summed E-state index contributed by atoms with van der Waals surface area (Å²) in [5.41, 5.74) is 1.16. The molecule has 0 aromatic heterocycles. The van der Waals surface area contributed by atoms with Crippen LogP contribution >= 0.6 is 0 Å². The SMILES string of the molecule is CC.CCCCCCCCC(=O)NCc1ccccc1. The number of amides is 1. The van der Waals surface area contributed by atoms with Crippen LogP contribution in [-0.4, -0.2) is 5.91 Å². The van der Waals surface area contributed by atoms with Gasteiger partial charge in [0.05, 0.1) is 0 Å². The van der Waals surface area contributed by atoms with Gasteiger partial charge in [0.2, 0.25) is 5.91 Å². The molecule has 1 aromatic carbocycles. The molecule has 0 aliphatic rings. The average Bonchev–Trinajstić information content (AvgIpc) is 2.52. The van der Waals surface area contributed by atoms with Crippen LogP contribution in [0, 0.1) is 0 Å². The van der Waals surface area contributed by atoms with Gasteiger partial charge < -0.3 is 5.32 Å². The highest BCUT2D eigenvalue weighted by atomic mass is 16.1. The maximum atomic E-state index is 11.6. The van der Waals surface area contributed by atoms with Crippen LogP contribution in [0.5, 0.6) is 0 Å². The van der Waals surface area contributed by atoms with E-state index in [-0.39, 0.29) is 5.91 Å². The molecule has 2 nitrogen and oxygen atoms in total. The smallest absolute Gasteiger partial charge is 0.220 e. The number of hydrogen-bond donors (Lipinski definition) is 1. The van der Waals surface area contributed by atoms with Crippen LogP contribution in [-0.2, 0) is 11.3 Å². The first kappa shape index (κ1) is 18.7. The Labute approximate surface area is 125 Å². The first-order valence-electron chi connectivity index (χ1n) is 8.13. The molecular formula is C18H31NO. The highest BCUT2D eigenvalue weighted by Gasteiger charge is 2.00. The molecule has 0 spiro atoms. The zero-order valence-corrected chi connectivity index (χ0v) is 13.5. The molecule has 0 saturated heterocycles. The molecule has 1 aromatic rings. The third kappa shape index (κ3) is 10.6. The largest absolute Gasteiger partial charge is 0.352 e. The number of unbranched alkanes of at least 4 members (excludes halogenated alkanes) is 5. The summed E-state index contributed by atoms with van der Waals surface area (Å²) in [6.45, 7) is 6.87. The van der Waals surface area contributed by atoms with Crippen molar-refractivity contribution >= 4 is 5.91 Å². The Hall–Kier alpha value is -1.31. The molecule has 0 aliphatic heterocycles. The normalized spacial score (nSPS) is 9.55. The molecule has 0 bridgehead atoms. The van der Waals surface area contributed by atoms with Gasteiger partial charge in [0.25, 0.3) is 0 Å². The minimum atomic E-state index is 0.175. The first-order valence-corrected chi connectivity index (χ1v) is 8.13. The lowest BCUT2D eigenvalue weighted by Gasteiger charge is -2.05. The van der Waals surface area contributed by atoms with Crippen molar-refractivity contribution in [1.82, 2.24) is 5.32 Å². The van der Waals surface area contributed by atoms with Gasteiger partial charge in [-0.15, -0.1) is 0 Å². The lowest BCUT2D eigenvalue weighted by Crippen LogP contribution is -2.22. The highest BCUT2D eigenvalue weighted by molar-refractivity contribution is 5.75. The van der Waals surface area contributed by atoms with Gasteiger partial charge in [-0.3, -0.25) is 4.79 Å². The molecule has 1 amide bonds. The minimum Gasteiger partial charge on any atom is -0.352 e. The molecule has 0 heterocycles. The second-order valence-electron chi connectivity index (χ2n) is 4.78. The fraction of sp³-hybridized carbons (Fsp3) is 0.611. The van der Waals surface area contributed by atoms with Crippen LogP contribution in [0.3, 0.4) is 0 Å². The van der Waals surface area contributed by atoms with E-state index >= 15 is 0 Å². The van der Waals surface area contributed by atoms with Crippen molar-refractivity contribution in [2.75, 3.05) is 0 Å². The summed E-state index contributed by atoms with van der Waals surface area (Å²) >= 11 is 0. The minimum absolute atomic E-state index is 0.175. The molecule has 0 aliphatic carbocycles. The number of nitrogens with one attached hydrogen (secondary N) is 1. The molecule has 114 valence electrons. The molecule has 0 saturated carbocycles. The maximum Gasteiger partial charge on any atom is 0.220 e. The van der Waals surface area contributed by atoms with Crippen LogP contribution in [0.15, 0.2) is 30.3 Å². The van der Waals surface area contributed by atoms with E-state index < -0.39 is 0 Å². The van der Waals surface area contributed by atoms with E-state index in [1.54, 1.807) is 0 Å². The van der Waals surface area contributed by atoms with Gasteiger partial charge in [0.1, 0.15) is 0 Å². The summed E-state index contributed by atoms with van der Waals surface area (Å²) in [6.07, 6.45) is 8.03. The molecule has 0 radical (unpaired) electrons. The molecule has 0 unspecified atom stereocenters. The van der Waals surface area contributed by atoms with E-state index in [1.807, 2.05) is 44.2 Å². The summed E-state index contributed by atoms with van der Waals surface area (Å²) < 4.78 is 0. The Balaban J connectivity index is 0.00000172. The van der Waals surface area contributed by atoms with Gasteiger partial charge in [0, 0.05) is 13.0 Å². The van der Waals surface area contributed by atoms with Crippen molar-refractivity contribution in [2.45, 2.75) is 72.3 Å². The monoisotopic (exact) mass is 277 g/mol. The van der Waals surface area contributed by atoms with Gasteiger partial charge in [0.15, 0.2) is 0 Å². The second-order valence-corrected chi connectivity index (χ2v) is 4.78. The Morgan fingerprint density at radius 2 is 1.55 bits per heavy atom. The Kier molecular flexibility index (Phi) is 13.2. The van der Waals surface area contributed by atoms with E-state index in [0.29, 0.717) is 13.0 Å². The van der Waals surface area contributed by atoms with Crippen molar-refractivity contribution < 1.29 is 4.79 Å². The zero-order valence-electron chi connectivity index (χ0n) is 13.5. The van der Waals surface area contributed by atoms with Gasteiger partial charge in [-0.05, 0) is 12.0 Å². The molecule has 0 atom stereocenters.